The number of amides is 1. The molecule has 1 aromatic rings. The lowest BCUT2D eigenvalue weighted by molar-refractivity contribution is -0.130. The lowest BCUT2D eigenvalue weighted by Gasteiger charge is -2.22. The summed E-state index contributed by atoms with van der Waals surface area (Å²) in [5, 5.41) is 0. The Bertz CT molecular complexity index is 593. The monoisotopic (exact) mass is 327 g/mol. The van der Waals surface area contributed by atoms with Crippen molar-refractivity contribution in [2.75, 3.05) is 43.9 Å². The molecule has 0 unspecified atom stereocenters. The number of carbonyl (C=O) groups is 1. The lowest BCUT2D eigenvalue weighted by atomic mass is 10.3. The van der Waals surface area contributed by atoms with Crippen LogP contribution in [0.15, 0.2) is 18.5 Å². The number of hydrogen-bond donors (Lipinski definition) is 1. The molecule has 1 aliphatic heterocycles. The molecule has 1 amide bonds. The Morgan fingerprint density at radius 3 is 2.64 bits per heavy atom. The highest BCUT2D eigenvalue weighted by atomic mass is 32.2. The minimum atomic E-state index is -3.25. The van der Waals surface area contributed by atoms with Gasteiger partial charge in [0.05, 0.1) is 6.26 Å². The third-order valence-corrected chi connectivity index (χ3v) is 4.12. The first kappa shape index (κ1) is 16.6. The molecule has 122 valence electrons. The predicted molar refractivity (Wildman–Crippen MR) is 82.9 cm³/mol. The number of nitrogens with one attached hydrogen (secondary N) is 1. The molecule has 0 radical (unpaired) electrons. The van der Waals surface area contributed by atoms with Gasteiger partial charge in [-0.1, -0.05) is 0 Å². The Morgan fingerprint density at radius 2 is 1.95 bits per heavy atom. The Labute approximate surface area is 130 Å². The van der Waals surface area contributed by atoms with E-state index in [2.05, 4.69) is 19.6 Å². The van der Waals surface area contributed by atoms with Crippen molar-refractivity contribution in [2.45, 2.75) is 12.8 Å². The van der Waals surface area contributed by atoms with Gasteiger partial charge in [0.15, 0.2) is 0 Å². The second kappa shape index (κ2) is 7.50. The van der Waals surface area contributed by atoms with Gasteiger partial charge >= 0.3 is 0 Å². The predicted octanol–water partition coefficient (Wildman–Crippen LogP) is -0.545. The zero-order valence-corrected chi connectivity index (χ0v) is 13.4. The van der Waals surface area contributed by atoms with Crippen LogP contribution in [-0.4, -0.2) is 68.2 Å². The van der Waals surface area contributed by atoms with Gasteiger partial charge in [-0.25, -0.2) is 23.1 Å². The average Bonchev–Trinajstić information content (AvgIpc) is 2.72. The summed E-state index contributed by atoms with van der Waals surface area (Å²) in [6.07, 6.45) is 5.50. The van der Waals surface area contributed by atoms with Crippen molar-refractivity contribution in [1.29, 1.82) is 0 Å². The molecule has 1 fully saturated rings. The summed E-state index contributed by atoms with van der Waals surface area (Å²) in [5.41, 5.74) is 0. The maximum Gasteiger partial charge on any atom is 0.225 e. The van der Waals surface area contributed by atoms with E-state index in [9.17, 15) is 13.2 Å². The quantitative estimate of drug-likeness (QED) is 0.780. The summed E-state index contributed by atoms with van der Waals surface area (Å²) in [6.45, 7) is 2.88. The van der Waals surface area contributed by atoms with Crippen LogP contribution in [0, 0.1) is 0 Å². The molecule has 8 nitrogen and oxygen atoms in total. The molecule has 2 heterocycles. The lowest BCUT2D eigenvalue weighted by Crippen LogP contribution is -2.37. The van der Waals surface area contributed by atoms with Crippen LogP contribution < -0.4 is 9.62 Å². The van der Waals surface area contributed by atoms with Crippen molar-refractivity contribution in [2.24, 2.45) is 0 Å². The summed E-state index contributed by atoms with van der Waals surface area (Å²) in [4.78, 5) is 24.4. The van der Waals surface area contributed by atoms with Gasteiger partial charge < -0.3 is 9.80 Å². The fourth-order valence-electron chi connectivity index (χ4n) is 2.32. The molecule has 0 bridgehead atoms. The molecular weight excluding hydrogens is 306 g/mol. The van der Waals surface area contributed by atoms with Gasteiger partial charge in [0.1, 0.15) is 0 Å². The normalized spacial score (nSPS) is 16.4. The van der Waals surface area contributed by atoms with Crippen molar-refractivity contribution >= 4 is 21.9 Å². The van der Waals surface area contributed by atoms with E-state index in [0.717, 1.165) is 19.2 Å². The van der Waals surface area contributed by atoms with E-state index in [4.69, 9.17) is 0 Å². The molecule has 1 saturated heterocycles. The first-order valence-electron chi connectivity index (χ1n) is 7.20. The van der Waals surface area contributed by atoms with Crippen LogP contribution in [0.1, 0.15) is 12.8 Å². The summed E-state index contributed by atoms with van der Waals surface area (Å²) < 4.78 is 24.3. The number of sulfonamides is 1. The summed E-state index contributed by atoms with van der Waals surface area (Å²) in [6, 6.07) is 1.77. The third kappa shape index (κ3) is 5.23. The Balaban J connectivity index is 1.83. The van der Waals surface area contributed by atoms with Gasteiger partial charge in [0, 0.05) is 51.5 Å². The molecule has 0 saturated carbocycles. The first-order valence-corrected chi connectivity index (χ1v) is 9.09. The van der Waals surface area contributed by atoms with Crippen LogP contribution in [0.4, 0.5) is 5.95 Å². The second-order valence-corrected chi connectivity index (χ2v) is 7.02. The molecule has 1 N–H and O–H groups in total. The minimum absolute atomic E-state index is 0.0352. The average molecular weight is 327 g/mol. The number of carbonyl (C=O) groups excluding carboxylic acids is 1. The van der Waals surface area contributed by atoms with E-state index in [1.807, 2.05) is 0 Å². The Kier molecular flexibility index (Phi) is 5.67. The first-order chi connectivity index (χ1) is 10.5. The number of nitrogens with zero attached hydrogens (tertiary/aromatic N) is 4. The van der Waals surface area contributed by atoms with Crippen molar-refractivity contribution in [1.82, 2.24) is 19.6 Å². The SMILES string of the molecule is CS(=O)(=O)NCCC(=O)N1CCCN(c2ncccn2)CC1. The van der Waals surface area contributed by atoms with Crippen LogP contribution in [0.25, 0.3) is 0 Å². The van der Waals surface area contributed by atoms with E-state index in [1.54, 1.807) is 23.4 Å². The van der Waals surface area contributed by atoms with E-state index < -0.39 is 10.0 Å². The Hall–Kier alpha value is -1.74. The van der Waals surface area contributed by atoms with E-state index in [-0.39, 0.29) is 18.9 Å². The van der Waals surface area contributed by atoms with E-state index >= 15 is 0 Å². The third-order valence-electron chi connectivity index (χ3n) is 3.39. The maximum absolute atomic E-state index is 12.1. The van der Waals surface area contributed by atoms with Crippen LogP contribution in [0.3, 0.4) is 0 Å². The van der Waals surface area contributed by atoms with Crippen molar-refractivity contribution < 1.29 is 13.2 Å². The summed E-state index contributed by atoms with van der Waals surface area (Å²) >= 11 is 0. The van der Waals surface area contributed by atoms with Crippen LogP contribution in [-0.2, 0) is 14.8 Å². The highest BCUT2D eigenvalue weighted by Crippen LogP contribution is 2.10. The zero-order chi connectivity index (χ0) is 16.0. The number of anilines is 1. The molecule has 0 atom stereocenters. The molecule has 0 spiro atoms. The topological polar surface area (TPSA) is 95.5 Å². The summed E-state index contributed by atoms with van der Waals surface area (Å²) in [7, 11) is -3.25. The molecule has 22 heavy (non-hydrogen) atoms. The van der Waals surface area contributed by atoms with Crippen LogP contribution in [0.2, 0.25) is 0 Å². The molecule has 0 aromatic carbocycles. The maximum atomic E-state index is 12.1. The van der Waals surface area contributed by atoms with Crippen molar-refractivity contribution in [3.63, 3.8) is 0 Å². The van der Waals surface area contributed by atoms with Gasteiger partial charge in [0.25, 0.3) is 0 Å². The highest BCUT2D eigenvalue weighted by molar-refractivity contribution is 7.88. The van der Waals surface area contributed by atoms with Gasteiger partial charge in [0.2, 0.25) is 21.9 Å². The molecule has 1 aromatic heterocycles. The smallest absolute Gasteiger partial charge is 0.225 e. The van der Waals surface area contributed by atoms with Crippen molar-refractivity contribution in [3.05, 3.63) is 18.5 Å². The molecule has 9 heteroatoms. The Morgan fingerprint density at radius 1 is 1.23 bits per heavy atom. The second-order valence-electron chi connectivity index (χ2n) is 5.19. The van der Waals surface area contributed by atoms with E-state index in [0.29, 0.717) is 25.6 Å². The molecule has 2 rings (SSSR count). The van der Waals surface area contributed by atoms with Gasteiger partial charge in [-0.05, 0) is 12.5 Å². The highest BCUT2D eigenvalue weighted by Gasteiger charge is 2.20. The molecule has 0 aliphatic carbocycles. The van der Waals surface area contributed by atoms with Gasteiger partial charge in [-0.15, -0.1) is 0 Å². The number of aromatic nitrogens is 2. The van der Waals surface area contributed by atoms with Crippen LogP contribution in [0.5, 0.6) is 0 Å². The number of rotatable bonds is 5. The standard InChI is InChI=1S/C13H21N5O3S/c1-22(20,21)16-7-4-12(19)17-8-3-9-18(11-10-17)13-14-5-2-6-15-13/h2,5-6,16H,3-4,7-11H2,1H3. The van der Waals surface area contributed by atoms with Crippen molar-refractivity contribution in [3.8, 4) is 0 Å². The fraction of sp³-hybridized carbons (Fsp3) is 0.615. The molecule has 1 aliphatic rings. The van der Waals surface area contributed by atoms with Gasteiger partial charge in [-0.3, -0.25) is 4.79 Å². The fourth-order valence-corrected chi connectivity index (χ4v) is 2.80. The van der Waals surface area contributed by atoms with Gasteiger partial charge in [-0.2, -0.15) is 0 Å². The minimum Gasteiger partial charge on any atom is -0.341 e. The van der Waals surface area contributed by atoms with Crippen LogP contribution >= 0.6 is 0 Å². The largest absolute Gasteiger partial charge is 0.341 e. The zero-order valence-electron chi connectivity index (χ0n) is 12.6. The summed E-state index contributed by atoms with van der Waals surface area (Å²) in [5.74, 6) is 0.641. The molecular formula is C13H21N5O3S. The number of hydrogen-bond acceptors (Lipinski definition) is 6. The van der Waals surface area contributed by atoms with E-state index in [1.165, 1.54) is 0 Å².